The molecule has 2 aromatic carbocycles. The quantitative estimate of drug-likeness (QED) is 0.602. The Morgan fingerprint density at radius 1 is 1.06 bits per heavy atom. The average molecular weight is 449 g/mol. The largest absolute Gasteiger partial charge is 0.381 e. The van der Waals surface area contributed by atoms with Gasteiger partial charge in [-0.2, -0.15) is 0 Å². The maximum absolute atomic E-state index is 14.9. The highest BCUT2D eigenvalue weighted by molar-refractivity contribution is 5.89. The molecule has 6 heteroatoms. The number of carbonyl (C=O) groups is 1. The van der Waals surface area contributed by atoms with Gasteiger partial charge in [-0.05, 0) is 42.3 Å². The summed E-state index contributed by atoms with van der Waals surface area (Å²) in [5, 5.41) is 2.29. The van der Waals surface area contributed by atoms with E-state index in [-0.39, 0.29) is 17.6 Å². The molecule has 0 N–H and O–H groups in total. The molecule has 1 atom stereocenters. The Kier molecular flexibility index (Phi) is 6.38. The van der Waals surface area contributed by atoms with Crippen LogP contribution in [0.3, 0.4) is 0 Å². The van der Waals surface area contributed by atoms with Crippen LogP contribution in [0.5, 0.6) is 0 Å². The minimum atomic E-state index is -0.887. The number of ether oxygens (including phenoxy) is 2. The predicted octanol–water partition coefficient (Wildman–Crippen LogP) is 4.14. The van der Waals surface area contributed by atoms with Crippen molar-refractivity contribution in [3.63, 3.8) is 0 Å². The number of aromatic nitrogens is 1. The summed E-state index contributed by atoms with van der Waals surface area (Å²) in [5.41, 5.74) is 0.806. The fraction of sp³-hybridized carbons (Fsp3) is 0.407. The molecule has 0 spiro atoms. The lowest BCUT2D eigenvalue weighted by atomic mass is 9.72. The Morgan fingerprint density at radius 2 is 1.91 bits per heavy atom. The van der Waals surface area contributed by atoms with Gasteiger partial charge in [0.15, 0.2) is 0 Å². The number of rotatable bonds is 4. The number of benzene rings is 2. The average Bonchev–Trinajstić information content (AvgIpc) is 3.10. The van der Waals surface area contributed by atoms with Crippen LogP contribution in [0.15, 0.2) is 60.9 Å². The van der Waals surface area contributed by atoms with Crippen LogP contribution >= 0.6 is 0 Å². The predicted molar refractivity (Wildman–Crippen MR) is 124 cm³/mol. The van der Waals surface area contributed by atoms with Crippen LogP contribution in [0.1, 0.15) is 24.0 Å². The summed E-state index contributed by atoms with van der Waals surface area (Å²) in [5.74, 6) is -0.176. The molecule has 2 saturated heterocycles. The third-order valence-corrected chi connectivity index (χ3v) is 7.05. The number of carbonyl (C=O) groups excluding carboxylic acids is 1. The van der Waals surface area contributed by atoms with E-state index >= 15 is 0 Å². The van der Waals surface area contributed by atoms with Crippen molar-refractivity contribution in [2.75, 3.05) is 39.5 Å². The summed E-state index contributed by atoms with van der Waals surface area (Å²) in [4.78, 5) is 20.2. The number of nitrogens with zero attached hydrogens (tertiary/aromatic N) is 2. The molecule has 3 heterocycles. The summed E-state index contributed by atoms with van der Waals surface area (Å²) < 4.78 is 26.4. The number of halogens is 1. The Bertz CT molecular complexity index is 1120. The van der Waals surface area contributed by atoms with E-state index in [1.807, 2.05) is 23.2 Å². The van der Waals surface area contributed by atoms with Crippen molar-refractivity contribution >= 4 is 16.7 Å². The Hall–Kier alpha value is -2.83. The zero-order chi connectivity index (χ0) is 22.7. The van der Waals surface area contributed by atoms with Gasteiger partial charge in [0.1, 0.15) is 5.82 Å². The zero-order valence-corrected chi connectivity index (χ0v) is 18.7. The van der Waals surface area contributed by atoms with Gasteiger partial charge < -0.3 is 14.4 Å². The van der Waals surface area contributed by atoms with E-state index in [2.05, 4.69) is 23.2 Å². The van der Waals surface area contributed by atoms with E-state index in [4.69, 9.17) is 9.47 Å². The second-order valence-corrected chi connectivity index (χ2v) is 9.08. The molecule has 1 unspecified atom stereocenters. The highest BCUT2D eigenvalue weighted by atomic mass is 19.1. The molecule has 3 aromatic rings. The molecule has 0 aliphatic carbocycles. The van der Waals surface area contributed by atoms with E-state index in [0.717, 1.165) is 17.2 Å². The molecule has 2 aliphatic rings. The highest BCUT2D eigenvalue weighted by Crippen LogP contribution is 2.38. The van der Waals surface area contributed by atoms with Crippen molar-refractivity contribution in [2.45, 2.75) is 24.7 Å². The number of hydrogen-bond donors (Lipinski definition) is 0. The van der Waals surface area contributed by atoms with Crippen LogP contribution in [0.4, 0.5) is 4.39 Å². The van der Waals surface area contributed by atoms with Crippen LogP contribution in [0, 0.1) is 11.7 Å². The van der Waals surface area contributed by atoms with E-state index in [1.54, 1.807) is 18.3 Å². The molecule has 2 aliphatic heterocycles. The van der Waals surface area contributed by atoms with E-state index < -0.39 is 5.41 Å². The Labute approximate surface area is 193 Å². The van der Waals surface area contributed by atoms with Gasteiger partial charge in [0.25, 0.3) is 0 Å². The summed E-state index contributed by atoms with van der Waals surface area (Å²) in [6.45, 7) is 3.10. The Morgan fingerprint density at radius 3 is 2.76 bits per heavy atom. The van der Waals surface area contributed by atoms with Gasteiger partial charge in [-0.15, -0.1) is 0 Å². The van der Waals surface area contributed by atoms with Crippen LogP contribution in [0.25, 0.3) is 10.8 Å². The normalized spacial score (nSPS) is 21.0. The van der Waals surface area contributed by atoms with Gasteiger partial charge >= 0.3 is 0 Å². The van der Waals surface area contributed by atoms with Gasteiger partial charge in [-0.3, -0.25) is 9.78 Å². The lowest BCUT2D eigenvalue weighted by Crippen LogP contribution is -2.51. The first-order valence-electron chi connectivity index (χ1n) is 11.7. The minimum absolute atomic E-state index is 0.00835. The number of hydrogen-bond acceptors (Lipinski definition) is 4. The highest BCUT2D eigenvalue weighted by Gasteiger charge is 2.46. The molecular formula is C27H29FN2O3. The first-order chi connectivity index (χ1) is 16.2. The summed E-state index contributed by atoms with van der Waals surface area (Å²) >= 11 is 0. The molecule has 172 valence electrons. The number of fused-ring (bicyclic) bond motifs is 1. The summed E-state index contributed by atoms with van der Waals surface area (Å²) in [7, 11) is 0. The van der Waals surface area contributed by atoms with E-state index in [1.165, 1.54) is 11.6 Å². The SMILES string of the molecule is O=C(N1CCOCC(Cc2cccc3ccncc23)C1)C1(c2ccccc2F)CCOCC1. The fourth-order valence-corrected chi connectivity index (χ4v) is 5.32. The van der Waals surface area contributed by atoms with Crippen molar-refractivity contribution < 1.29 is 18.7 Å². The molecule has 0 bridgehead atoms. The van der Waals surface area contributed by atoms with E-state index in [9.17, 15) is 9.18 Å². The maximum Gasteiger partial charge on any atom is 0.233 e. The molecular weight excluding hydrogens is 419 g/mol. The van der Waals surface area contributed by atoms with E-state index in [0.29, 0.717) is 57.9 Å². The van der Waals surface area contributed by atoms with Crippen LogP contribution < -0.4 is 0 Å². The third kappa shape index (κ3) is 4.37. The number of amides is 1. The minimum Gasteiger partial charge on any atom is -0.381 e. The smallest absolute Gasteiger partial charge is 0.233 e. The summed E-state index contributed by atoms with van der Waals surface area (Å²) in [6.07, 6.45) is 5.48. The Balaban J connectivity index is 1.42. The second kappa shape index (κ2) is 9.57. The van der Waals surface area contributed by atoms with Gasteiger partial charge in [-0.25, -0.2) is 4.39 Å². The topological polar surface area (TPSA) is 51.7 Å². The summed E-state index contributed by atoms with van der Waals surface area (Å²) in [6, 6.07) is 15.0. The monoisotopic (exact) mass is 448 g/mol. The van der Waals surface area contributed by atoms with Crippen molar-refractivity contribution in [1.82, 2.24) is 9.88 Å². The first-order valence-corrected chi connectivity index (χ1v) is 11.7. The fourth-order valence-electron chi connectivity index (χ4n) is 5.32. The number of pyridine rings is 1. The molecule has 1 amide bonds. The van der Waals surface area contributed by atoms with Crippen LogP contribution in [0.2, 0.25) is 0 Å². The first kappa shape index (κ1) is 22.0. The maximum atomic E-state index is 14.9. The van der Waals surface area contributed by atoms with Gasteiger partial charge in [-0.1, -0.05) is 36.4 Å². The van der Waals surface area contributed by atoms with Crippen molar-refractivity contribution in [1.29, 1.82) is 0 Å². The van der Waals surface area contributed by atoms with Gasteiger partial charge in [0.05, 0.1) is 18.6 Å². The molecule has 2 fully saturated rings. The van der Waals surface area contributed by atoms with Crippen molar-refractivity contribution in [3.8, 4) is 0 Å². The lowest BCUT2D eigenvalue weighted by Gasteiger charge is -2.40. The molecule has 0 radical (unpaired) electrons. The van der Waals surface area contributed by atoms with Crippen molar-refractivity contribution in [3.05, 3.63) is 77.9 Å². The molecule has 1 aromatic heterocycles. The van der Waals surface area contributed by atoms with Crippen molar-refractivity contribution in [2.24, 2.45) is 5.92 Å². The zero-order valence-electron chi connectivity index (χ0n) is 18.7. The molecule has 5 nitrogen and oxygen atoms in total. The molecule has 5 rings (SSSR count). The molecule has 33 heavy (non-hydrogen) atoms. The molecule has 0 saturated carbocycles. The standard InChI is InChI=1S/C27H29FN2O3/c28-25-7-2-1-6-24(25)27(9-13-32-14-10-27)26(31)30-12-15-33-19-20(18-30)16-22-5-3-4-21-8-11-29-17-23(21)22/h1-8,11,17,20H,9-10,12-16,18-19H2. The van der Waals surface area contributed by atoms with Crippen LogP contribution in [-0.2, 0) is 26.1 Å². The second-order valence-electron chi connectivity index (χ2n) is 9.08. The lowest BCUT2D eigenvalue weighted by molar-refractivity contribution is -0.142. The van der Waals surface area contributed by atoms with Gasteiger partial charge in [0.2, 0.25) is 5.91 Å². The third-order valence-electron chi connectivity index (χ3n) is 7.05. The van der Waals surface area contributed by atoms with Crippen LogP contribution in [-0.4, -0.2) is 55.3 Å². The van der Waals surface area contributed by atoms with Gasteiger partial charge in [0, 0.05) is 55.6 Å².